The number of H-pyrrole nitrogens is 1. The van der Waals surface area contributed by atoms with Crippen LogP contribution in [-0.4, -0.2) is 18.1 Å². The Hall–Kier alpha value is -0.990. The van der Waals surface area contributed by atoms with Gasteiger partial charge < -0.3 is 10.3 Å². The van der Waals surface area contributed by atoms with Gasteiger partial charge in [-0.1, -0.05) is 23.7 Å². The predicted octanol–water partition coefficient (Wildman–Crippen LogP) is 2.68. The van der Waals surface area contributed by atoms with E-state index in [2.05, 4.69) is 22.6 Å². The van der Waals surface area contributed by atoms with Crippen molar-refractivity contribution in [2.45, 2.75) is 11.8 Å². The second-order valence-electron chi connectivity index (χ2n) is 5.05. The number of nitrogens with one attached hydrogen (secondary N) is 2. The van der Waals surface area contributed by atoms with Crippen LogP contribution in [0.2, 0.25) is 5.02 Å². The summed E-state index contributed by atoms with van der Waals surface area (Å²) in [6.07, 6.45) is 3.49. The van der Waals surface area contributed by atoms with Gasteiger partial charge in [-0.2, -0.15) is 0 Å². The maximum absolute atomic E-state index is 6.19. The highest BCUT2D eigenvalue weighted by atomic mass is 35.5. The fraction of sp³-hybridized carbons (Fsp3) is 0.385. The van der Waals surface area contributed by atoms with Gasteiger partial charge in [0.2, 0.25) is 0 Å². The number of rotatable bonds is 1. The zero-order chi connectivity index (χ0) is 10.8. The molecule has 82 valence electrons. The molecular weight excluding hydrogens is 220 g/mol. The molecule has 0 radical (unpaired) electrons. The summed E-state index contributed by atoms with van der Waals surface area (Å²) in [7, 11) is 0. The van der Waals surface area contributed by atoms with Gasteiger partial charge in [0.15, 0.2) is 0 Å². The molecule has 0 amide bonds. The third-order valence-electron chi connectivity index (χ3n) is 4.26. The van der Waals surface area contributed by atoms with Gasteiger partial charge in [-0.15, -0.1) is 0 Å². The molecule has 1 aromatic carbocycles. The van der Waals surface area contributed by atoms with Gasteiger partial charge in [0.1, 0.15) is 0 Å². The quantitative estimate of drug-likeness (QED) is 0.778. The Morgan fingerprint density at radius 1 is 1.38 bits per heavy atom. The molecule has 16 heavy (non-hydrogen) atoms. The summed E-state index contributed by atoms with van der Waals surface area (Å²) in [5.41, 5.74) is 2.95. The van der Waals surface area contributed by atoms with Crippen LogP contribution in [0.5, 0.6) is 0 Å². The zero-order valence-electron chi connectivity index (χ0n) is 8.89. The van der Waals surface area contributed by atoms with Crippen LogP contribution in [0.1, 0.15) is 12.0 Å². The lowest BCUT2D eigenvalue weighted by Gasteiger charge is -2.10. The van der Waals surface area contributed by atoms with Crippen LogP contribution in [0.25, 0.3) is 10.9 Å². The first kappa shape index (κ1) is 9.08. The number of halogens is 1. The summed E-state index contributed by atoms with van der Waals surface area (Å²) in [4.78, 5) is 3.33. The van der Waals surface area contributed by atoms with Gasteiger partial charge in [-0.05, 0) is 30.5 Å². The maximum Gasteiger partial charge on any atom is 0.0647 e. The fourth-order valence-electron chi connectivity index (χ4n) is 3.29. The van der Waals surface area contributed by atoms with Crippen LogP contribution >= 0.6 is 11.6 Å². The van der Waals surface area contributed by atoms with Crippen LogP contribution in [-0.2, 0) is 5.41 Å². The van der Waals surface area contributed by atoms with Gasteiger partial charge in [-0.25, -0.2) is 0 Å². The Morgan fingerprint density at radius 2 is 2.31 bits per heavy atom. The van der Waals surface area contributed by atoms with E-state index < -0.39 is 0 Å². The Kier molecular flexibility index (Phi) is 1.60. The zero-order valence-corrected chi connectivity index (χ0v) is 9.64. The number of hydrogen-bond acceptors (Lipinski definition) is 1. The predicted molar refractivity (Wildman–Crippen MR) is 66.0 cm³/mol. The van der Waals surface area contributed by atoms with Gasteiger partial charge in [0.05, 0.1) is 10.5 Å². The van der Waals surface area contributed by atoms with Crippen LogP contribution < -0.4 is 5.32 Å². The second kappa shape index (κ2) is 2.82. The molecule has 4 rings (SSSR count). The minimum Gasteiger partial charge on any atom is -0.360 e. The Balaban J connectivity index is 1.96. The van der Waals surface area contributed by atoms with Gasteiger partial charge in [0.25, 0.3) is 0 Å². The molecule has 0 bridgehead atoms. The van der Waals surface area contributed by atoms with Gasteiger partial charge in [-0.3, -0.25) is 0 Å². The third-order valence-corrected chi connectivity index (χ3v) is 4.58. The first-order valence-corrected chi connectivity index (χ1v) is 6.16. The lowest BCUT2D eigenvalue weighted by molar-refractivity contribution is 0.680. The van der Waals surface area contributed by atoms with E-state index in [9.17, 15) is 0 Å². The molecule has 1 aromatic heterocycles. The van der Waals surface area contributed by atoms with E-state index in [-0.39, 0.29) is 0 Å². The molecule has 1 saturated heterocycles. The van der Waals surface area contributed by atoms with Crippen LogP contribution in [0.3, 0.4) is 0 Å². The van der Waals surface area contributed by atoms with E-state index in [0.717, 1.165) is 23.0 Å². The van der Waals surface area contributed by atoms with E-state index >= 15 is 0 Å². The van der Waals surface area contributed by atoms with Crippen molar-refractivity contribution in [3.63, 3.8) is 0 Å². The van der Waals surface area contributed by atoms with E-state index in [0.29, 0.717) is 5.41 Å². The molecule has 1 saturated carbocycles. The molecule has 0 spiro atoms. The van der Waals surface area contributed by atoms with Crippen molar-refractivity contribution < 1.29 is 0 Å². The third kappa shape index (κ3) is 0.969. The molecule has 1 aliphatic carbocycles. The molecule has 2 aromatic rings. The van der Waals surface area contributed by atoms with E-state index in [1.54, 1.807) is 0 Å². The highest BCUT2D eigenvalue weighted by Gasteiger charge is 2.58. The molecule has 2 nitrogen and oxygen atoms in total. The number of para-hydroxylation sites is 1. The standard InChI is InChI=1S/C13H13ClN2/c14-11-3-1-2-9-10(6-16-12(9)11)13-4-8(13)5-15-7-13/h1-3,6,8,15-16H,4-5,7H2/t8-,13?/m1/s1. The molecule has 1 aliphatic heterocycles. The summed E-state index contributed by atoms with van der Waals surface area (Å²) in [6, 6.07) is 6.16. The molecular formula is C13H13ClN2. The summed E-state index contributed by atoms with van der Waals surface area (Å²) < 4.78 is 0. The second-order valence-corrected chi connectivity index (χ2v) is 5.46. The number of aromatic nitrogens is 1. The topological polar surface area (TPSA) is 27.8 Å². The number of piperidine rings is 1. The Labute approximate surface area is 99.0 Å². The lowest BCUT2D eigenvalue weighted by atomic mass is 9.95. The Bertz CT molecular complexity index is 574. The van der Waals surface area contributed by atoms with E-state index in [1.807, 2.05) is 12.1 Å². The monoisotopic (exact) mass is 232 g/mol. The van der Waals surface area contributed by atoms with E-state index in [1.165, 1.54) is 23.9 Å². The van der Waals surface area contributed by atoms with Gasteiger partial charge >= 0.3 is 0 Å². The van der Waals surface area contributed by atoms with Crippen molar-refractivity contribution in [1.82, 2.24) is 10.3 Å². The highest BCUT2D eigenvalue weighted by Crippen LogP contribution is 2.58. The average molecular weight is 233 g/mol. The Morgan fingerprint density at radius 3 is 3.06 bits per heavy atom. The molecule has 2 heterocycles. The highest BCUT2D eigenvalue weighted by molar-refractivity contribution is 6.35. The summed E-state index contributed by atoms with van der Waals surface area (Å²) in [5.74, 6) is 0.838. The minimum atomic E-state index is 0.406. The van der Waals surface area contributed by atoms with Crippen molar-refractivity contribution in [2.75, 3.05) is 13.1 Å². The molecule has 3 heteroatoms. The molecule has 2 fully saturated rings. The minimum absolute atomic E-state index is 0.406. The first-order chi connectivity index (χ1) is 7.81. The lowest BCUT2D eigenvalue weighted by Crippen LogP contribution is -2.18. The smallest absolute Gasteiger partial charge is 0.0647 e. The fourth-order valence-corrected chi connectivity index (χ4v) is 3.52. The summed E-state index contributed by atoms with van der Waals surface area (Å²) in [6.45, 7) is 2.30. The maximum atomic E-state index is 6.19. The largest absolute Gasteiger partial charge is 0.360 e. The summed E-state index contributed by atoms with van der Waals surface area (Å²) >= 11 is 6.19. The number of aromatic amines is 1. The molecule has 2 aliphatic rings. The van der Waals surface area contributed by atoms with Crippen molar-refractivity contribution in [1.29, 1.82) is 0 Å². The van der Waals surface area contributed by atoms with Crippen LogP contribution in [0.4, 0.5) is 0 Å². The van der Waals surface area contributed by atoms with Crippen molar-refractivity contribution >= 4 is 22.5 Å². The van der Waals surface area contributed by atoms with E-state index in [4.69, 9.17) is 11.6 Å². The number of benzene rings is 1. The number of fused-ring (bicyclic) bond motifs is 2. The van der Waals surface area contributed by atoms with Crippen molar-refractivity contribution in [3.8, 4) is 0 Å². The average Bonchev–Trinajstić information content (AvgIpc) is 2.70. The van der Waals surface area contributed by atoms with Crippen LogP contribution in [0.15, 0.2) is 24.4 Å². The number of hydrogen-bond donors (Lipinski definition) is 2. The summed E-state index contributed by atoms with van der Waals surface area (Å²) in [5, 5.41) is 5.61. The van der Waals surface area contributed by atoms with Gasteiger partial charge in [0, 0.05) is 23.5 Å². The normalized spacial score (nSPS) is 31.9. The van der Waals surface area contributed by atoms with Crippen molar-refractivity contribution in [3.05, 3.63) is 35.0 Å². The SMILES string of the molecule is Clc1cccc2c(C34CNC[C@H]3C4)c[nH]c12. The first-order valence-electron chi connectivity index (χ1n) is 5.78. The molecule has 1 unspecified atom stereocenters. The molecule has 2 atom stereocenters. The van der Waals surface area contributed by atoms with Crippen molar-refractivity contribution in [2.24, 2.45) is 5.92 Å². The molecule has 2 N–H and O–H groups in total. The van der Waals surface area contributed by atoms with Crippen LogP contribution in [0, 0.1) is 5.92 Å².